The lowest BCUT2D eigenvalue weighted by Gasteiger charge is -2.07. The lowest BCUT2D eigenvalue weighted by molar-refractivity contribution is -0.136. The number of amides is 2. The number of aliphatic hydroxyl groups is 1. The van der Waals surface area contributed by atoms with Crippen molar-refractivity contribution >= 4 is 17.5 Å². The molecule has 2 amide bonds. The number of hydrogen-bond acceptors (Lipinski definition) is 3. The molecule has 2 rings (SSSR count). The Labute approximate surface area is 148 Å². The second-order valence-corrected chi connectivity index (χ2v) is 5.82. The molecule has 132 valence electrons. The lowest BCUT2D eigenvalue weighted by atomic mass is 10.0. The molecule has 2 aromatic rings. The highest BCUT2D eigenvalue weighted by Crippen LogP contribution is 2.12. The first kappa shape index (κ1) is 18.7. The summed E-state index contributed by atoms with van der Waals surface area (Å²) in [5.74, 6) is -1.39. The normalized spacial score (nSPS) is 10.3. The summed E-state index contributed by atoms with van der Waals surface area (Å²) in [5.41, 5.74) is 3.12. The van der Waals surface area contributed by atoms with E-state index in [0.29, 0.717) is 12.1 Å². The quantitative estimate of drug-likeness (QED) is 0.510. The van der Waals surface area contributed by atoms with E-state index in [1.807, 2.05) is 30.3 Å². The first-order valence-corrected chi connectivity index (χ1v) is 8.52. The summed E-state index contributed by atoms with van der Waals surface area (Å²) in [6.07, 6.45) is 3.48. The molecule has 0 heterocycles. The molecule has 0 aromatic heterocycles. The zero-order valence-corrected chi connectivity index (χ0v) is 14.2. The topological polar surface area (TPSA) is 78.4 Å². The first-order chi connectivity index (χ1) is 12.2. The molecule has 0 atom stereocenters. The van der Waals surface area contributed by atoms with Crippen LogP contribution in [0.4, 0.5) is 5.69 Å². The average Bonchev–Trinajstić information content (AvgIpc) is 2.64. The van der Waals surface area contributed by atoms with Crippen molar-refractivity contribution in [1.82, 2.24) is 5.32 Å². The van der Waals surface area contributed by atoms with Gasteiger partial charge in [-0.2, -0.15) is 0 Å². The van der Waals surface area contributed by atoms with E-state index in [4.69, 9.17) is 5.11 Å². The first-order valence-electron chi connectivity index (χ1n) is 8.52. The molecule has 3 N–H and O–H groups in total. The van der Waals surface area contributed by atoms with Gasteiger partial charge in [0.2, 0.25) is 0 Å². The third-order valence-electron chi connectivity index (χ3n) is 3.81. The minimum Gasteiger partial charge on any atom is -0.396 e. The van der Waals surface area contributed by atoms with Crippen molar-refractivity contribution in [2.75, 3.05) is 18.5 Å². The van der Waals surface area contributed by atoms with E-state index in [1.165, 1.54) is 11.1 Å². The molecular formula is C20H24N2O3. The monoisotopic (exact) mass is 340 g/mol. The number of benzene rings is 2. The standard InChI is InChI=1S/C20H24N2O3/c23-15-5-14-21-19(24)20(25)22-18-12-10-17(11-13-18)9-4-8-16-6-2-1-3-7-16/h1-3,6-7,10-13,23H,4-5,8-9,14-15H2,(H,21,24)(H,22,25). The van der Waals surface area contributed by atoms with Gasteiger partial charge in [-0.3, -0.25) is 9.59 Å². The molecule has 0 bridgehead atoms. The third kappa shape index (κ3) is 6.77. The van der Waals surface area contributed by atoms with E-state index in [9.17, 15) is 9.59 Å². The molecule has 0 radical (unpaired) electrons. The predicted molar refractivity (Wildman–Crippen MR) is 98.3 cm³/mol. The van der Waals surface area contributed by atoms with Crippen LogP contribution in [0.15, 0.2) is 54.6 Å². The molecule has 0 aliphatic rings. The van der Waals surface area contributed by atoms with Crippen LogP contribution in [0.2, 0.25) is 0 Å². The van der Waals surface area contributed by atoms with Gasteiger partial charge in [0.1, 0.15) is 0 Å². The predicted octanol–water partition coefficient (Wildman–Crippen LogP) is 2.30. The Bertz CT molecular complexity index is 669. The van der Waals surface area contributed by atoms with Crippen LogP contribution < -0.4 is 10.6 Å². The molecule has 25 heavy (non-hydrogen) atoms. The van der Waals surface area contributed by atoms with E-state index in [1.54, 1.807) is 12.1 Å². The number of carbonyl (C=O) groups excluding carboxylic acids is 2. The zero-order chi connectivity index (χ0) is 17.9. The van der Waals surface area contributed by atoms with Gasteiger partial charge in [-0.25, -0.2) is 0 Å². The van der Waals surface area contributed by atoms with E-state index in [2.05, 4.69) is 22.8 Å². The van der Waals surface area contributed by atoms with Gasteiger partial charge in [-0.1, -0.05) is 42.5 Å². The average molecular weight is 340 g/mol. The summed E-state index contributed by atoms with van der Waals surface area (Å²) in [6.45, 7) is 0.261. The fraction of sp³-hybridized carbons (Fsp3) is 0.300. The van der Waals surface area contributed by atoms with Gasteiger partial charge in [0.25, 0.3) is 0 Å². The molecule has 0 aliphatic carbocycles. The van der Waals surface area contributed by atoms with Gasteiger partial charge in [0.15, 0.2) is 0 Å². The van der Waals surface area contributed by atoms with Crippen LogP contribution in [0.5, 0.6) is 0 Å². The fourth-order valence-electron chi connectivity index (χ4n) is 2.45. The van der Waals surface area contributed by atoms with Crippen molar-refractivity contribution in [2.24, 2.45) is 0 Å². The summed E-state index contributed by atoms with van der Waals surface area (Å²) in [4.78, 5) is 23.3. The van der Waals surface area contributed by atoms with Gasteiger partial charge in [-0.15, -0.1) is 0 Å². The van der Waals surface area contributed by atoms with Crippen molar-refractivity contribution in [3.8, 4) is 0 Å². The molecule has 5 heteroatoms. The summed E-state index contributed by atoms with van der Waals surface area (Å²) < 4.78 is 0. The van der Waals surface area contributed by atoms with Crippen LogP contribution >= 0.6 is 0 Å². The number of anilines is 1. The maximum absolute atomic E-state index is 11.7. The summed E-state index contributed by atoms with van der Waals surface area (Å²) >= 11 is 0. The number of carbonyl (C=O) groups is 2. The highest BCUT2D eigenvalue weighted by molar-refractivity contribution is 6.39. The van der Waals surface area contributed by atoms with Crippen molar-refractivity contribution in [2.45, 2.75) is 25.7 Å². The molecular weight excluding hydrogens is 316 g/mol. The Morgan fingerprint density at radius 1 is 0.800 bits per heavy atom. The minimum atomic E-state index is -0.699. The number of aliphatic hydroxyl groups excluding tert-OH is 1. The highest BCUT2D eigenvalue weighted by Gasteiger charge is 2.12. The minimum absolute atomic E-state index is 0.0202. The van der Waals surface area contributed by atoms with E-state index >= 15 is 0 Å². The van der Waals surface area contributed by atoms with Crippen LogP contribution in [0.1, 0.15) is 24.0 Å². The largest absolute Gasteiger partial charge is 0.396 e. The van der Waals surface area contributed by atoms with Crippen molar-refractivity contribution in [1.29, 1.82) is 0 Å². The van der Waals surface area contributed by atoms with Crippen LogP contribution in [-0.4, -0.2) is 30.1 Å². The van der Waals surface area contributed by atoms with E-state index in [-0.39, 0.29) is 13.2 Å². The maximum Gasteiger partial charge on any atom is 0.313 e. The van der Waals surface area contributed by atoms with Gasteiger partial charge < -0.3 is 15.7 Å². The Kier molecular flexibility index (Phi) is 7.66. The van der Waals surface area contributed by atoms with Gasteiger partial charge in [-0.05, 0) is 48.9 Å². The number of hydrogen-bond donors (Lipinski definition) is 3. The van der Waals surface area contributed by atoms with Crippen LogP contribution in [0.3, 0.4) is 0 Å². The van der Waals surface area contributed by atoms with Gasteiger partial charge in [0, 0.05) is 18.8 Å². The SMILES string of the molecule is O=C(NCCCO)C(=O)Nc1ccc(CCCc2ccccc2)cc1. The summed E-state index contributed by atoms with van der Waals surface area (Å²) in [7, 11) is 0. The smallest absolute Gasteiger partial charge is 0.313 e. The van der Waals surface area contributed by atoms with Crippen LogP contribution in [0, 0.1) is 0 Å². The highest BCUT2D eigenvalue weighted by atomic mass is 16.3. The summed E-state index contributed by atoms with van der Waals surface area (Å²) in [5, 5.41) is 13.7. The Hall–Kier alpha value is -2.66. The van der Waals surface area contributed by atoms with E-state index < -0.39 is 11.8 Å². The molecule has 0 saturated heterocycles. The number of rotatable bonds is 8. The van der Waals surface area contributed by atoms with Crippen molar-refractivity contribution < 1.29 is 14.7 Å². The molecule has 0 aliphatic heterocycles. The van der Waals surface area contributed by atoms with Crippen molar-refractivity contribution in [3.63, 3.8) is 0 Å². The van der Waals surface area contributed by atoms with Crippen LogP contribution in [0.25, 0.3) is 0 Å². The zero-order valence-electron chi connectivity index (χ0n) is 14.2. The van der Waals surface area contributed by atoms with Gasteiger partial charge >= 0.3 is 11.8 Å². The number of aryl methyl sites for hydroxylation is 2. The molecule has 5 nitrogen and oxygen atoms in total. The fourth-order valence-corrected chi connectivity index (χ4v) is 2.45. The molecule has 2 aromatic carbocycles. The third-order valence-corrected chi connectivity index (χ3v) is 3.81. The Morgan fingerprint density at radius 2 is 1.44 bits per heavy atom. The second kappa shape index (κ2) is 10.3. The van der Waals surface area contributed by atoms with E-state index in [0.717, 1.165) is 19.3 Å². The number of nitrogens with one attached hydrogen (secondary N) is 2. The molecule has 0 spiro atoms. The summed E-state index contributed by atoms with van der Waals surface area (Å²) in [6, 6.07) is 17.9. The van der Waals surface area contributed by atoms with Gasteiger partial charge in [0.05, 0.1) is 0 Å². The molecule has 0 saturated carbocycles. The maximum atomic E-state index is 11.7. The van der Waals surface area contributed by atoms with Crippen LogP contribution in [-0.2, 0) is 22.4 Å². The molecule has 0 unspecified atom stereocenters. The Morgan fingerprint density at radius 3 is 2.08 bits per heavy atom. The Balaban J connectivity index is 1.75. The van der Waals surface area contributed by atoms with Crippen molar-refractivity contribution in [3.05, 3.63) is 65.7 Å². The second-order valence-electron chi connectivity index (χ2n) is 5.82. The molecule has 0 fully saturated rings. The lowest BCUT2D eigenvalue weighted by Crippen LogP contribution is -2.36.